The molecular weight excluding hydrogens is 376 g/mol. The van der Waals surface area contributed by atoms with E-state index in [2.05, 4.69) is 52.9 Å². The summed E-state index contributed by atoms with van der Waals surface area (Å²) in [6, 6.07) is 12.6. The quantitative estimate of drug-likeness (QED) is 0.638. The van der Waals surface area contributed by atoms with Crippen LogP contribution < -0.4 is 19.3 Å². The monoisotopic (exact) mass is 404 g/mol. The number of aryl methyl sites for hydroxylation is 2. The van der Waals surface area contributed by atoms with Crippen molar-refractivity contribution in [1.29, 1.82) is 0 Å². The SMILES string of the molecule is COc1ccc(N2CCN(c3cncc(-c4cc(C)cc(C)c4)n3)CC2)cc1OC. The minimum absolute atomic E-state index is 0.748. The average Bonchev–Trinajstić information content (AvgIpc) is 2.78. The van der Waals surface area contributed by atoms with E-state index in [-0.39, 0.29) is 0 Å². The number of methoxy groups -OCH3 is 2. The summed E-state index contributed by atoms with van der Waals surface area (Å²) in [5.74, 6) is 2.43. The first-order valence-corrected chi connectivity index (χ1v) is 10.2. The van der Waals surface area contributed by atoms with Gasteiger partial charge in [0.05, 0.1) is 32.3 Å². The van der Waals surface area contributed by atoms with Crippen LogP contribution in [0, 0.1) is 13.8 Å². The number of aromatic nitrogens is 2. The maximum absolute atomic E-state index is 5.45. The first-order valence-electron chi connectivity index (χ1n) is 10.2. The van der Waals surface area contributed by atoms with Crippen molar-refractivity contribution in [3.63, 3.8) is 0 Å². The van der Waals surface area contributed by atoms with Gasteiger partial charge in [-0.05, 0) is 38.1 Å². The number of anilines is 2. The summed E-state index contributed by atoms with van der Waals surface area (Å²) in [4.78, 5) is 14.0. The van der Waals surface area contributed by atoms with Gasteiger partial charge < -0.3 is 19.3 Å². The van der Waals surface area contributed by atoms with Gasteiger partial charge in [-0.3, -0.25) is 4.98 Å². The molecule has 0 atom stereocenters. The van der Waals surface area contributed by atoms with Gasteiger partial charge in [-0.25, -0.2) is 4.98 Å². The molecule has 2 heterocycles. The lowest BCUT2D eigenvalue weighted by molar-refractivity contribution is 0.355. The van der Waals surface area contributed by atoms with Crippen LogP contribution in [0.5, 0.6) is 11.5 Å². The molecule has 1 aliphatic heterocycles. The number of rotatable bonds is 5. The molecule has 1 fully saturated rings. The number of benzene rings is 2. The summed E-state index contributed by atoms with van der Waals surface area (Å²) < 4.78 is 10.8. The summed E-state index contributed by atoms with van der Waals surface area (Å²) in [5.41, 5.74) is 5.65. The van der Waals surface area contributed by atoms with E-state index in [0.29, 0.717) is 0 Å². The van der Waals surface area contributed by atoms with Crippen molar-refractivity contribution in [2.45, 2.75) is 13.8 Å². The number of nitrogens with zero attached hydrogens (tertiary/aromatic N) is 4. The molecule has 0 amide bonds. The zero-order valence-electron chi connectivity index (χ0n) is 18.1. The van der Waals surface area contributed by atoms with Crippen molar-refractivity contribution >= 4 is 11.5 Å². The Labute approximate surface area is 178 Å². The predicted molar refractivity (Wildman–Crippen MR) is 121 cm³/mol. The Morgan fingerprint density at radius 1 is 0.767 bits per heavy atom. The minimum Gasteiger partial charge on any atom is -0.493 e. The highest BCUT2D eigenvalue weighted by atomic mass is 16.5. The van der Waals surface area contributed by atoms with Crippen LogP contribution in [0.3, 0.4) is 0 Å². The highest BCUT2D eigenvalue weighted by Crippen LogP contribution is 2.32. The molecule has 6 heteroatoms. The van der Waals surface area contributed by atoms with E-state index in [1.54, 1.807) is 14.2 Å². The largest absolute Gasteiger partial charge is 0.493 e. The van der Waals surface area contributed by atoms with Crippen molar-refractivity contribution in [3.8, 4) is 22.8 Å². The third kappa shape index (κ3) is 4.17. The first kappa shape index (κ1) is 20.0. The van der Waals surface area contributed by atoms with Gasteiger partial charge in [0.25, 0.3) is 0 Å². The highest BCUT2D eigenvalue weighted by molar-refractivity contribution is 5.62. The summed E-state index contributed by atoms with van der Waals surface area (Å²) in [7, 11) is 3.32. The lowest BCUT2D eigenvalue weighted by Crippen LogP contribution is -2.46. The molecule has 1 aliphatic rings. The summed E-state index contributed by atoms with van der Waals surface area (Å²) in [5, 5.41) is 0. The predicted octanol–water partition coefficient (Wildman–Crippen LogP) is 4.10. The third-order valence-corrected chi connectivity index (χ3v) is 5.48. The van der Waals surface area contributed by atoms with Gasteiger partial charge in [0.1, 0.15) is 5.82 Å². The summed E-state index contributed by atoms with van der Waals surface area (Å²) >= 11 is 0. The molecule has 0 unspecified atom stereocenters. The molecule has 4 rings (SSSR count). The highest BCUT2D eigenvalue weighted by Gasteiger charge is 2.20. The van der Waals surface area contributed by atoms with E-state index in [4.69, 9.17) is 14.5 Å². The van der Waals surface area contributed by atoms with E-state index < -0.39 is 0 Å². The van der Waals surface area contributed by atoms with Crippen molar-refractivity contribution in [1.82, 2.24) is 9.97 Å². The average molecular weight is 405 g/mol. The standard InChI is InChI=1S/C24H28N4O2/c1-17-11-18(2)13-19(12-17)21-15-25-16-24(26-21)28-9-7-27(8-10-28)20-5-6-22(29-3)23(14-20)30-4/h5-6,11-16H,7-10H2,1-4H3. The van der Waals surface area contributed by atoms with Gasteiger partial charge in [0, 0.05) is 43.5 Å². The molecule has 1 aromatic heterocycles. The van der Waals surface area contributed by atoms with Gasteiger partial charge in [-0.2, -0.15) is 0 Å². The normalized spacial score (nSPS) is 14.0. The van der Waals surface area contributed by atoms with Gasteiger partial charge in [0.2, 0.25) is 0 Å². The van der Waals surface area contributed by atoms with Gasteiger partial charge in [-0.15, -0.1) is 0 Å². The van der Waals surface area contributed by atoms with Crippen LogP contribution in [-0.4, -0.2) is 50.4 Å². The second-order valence-electron chi connectivity index (χ2n) is 7.65. The Morgan fingerprint density at radius 2 is 1.43 bits per heavy atom. The molecule has 0 radical (unpaired) electrons. The van der Waals surface area contributed by atoms with Gasteiger partial charge in [-0.1, -0.05) is 17.2 Å². The summed E-state index contributed by atoms with van der Waals surface area (Å²) in [6.45, 7) is 7.82. The number of hydrogen-bond donors (Lipinski definition) is 0. The molecule has 3 aromatic rings. The van der Waals surface area contributed by atoms with Crippen LogP contribution in [0.2, 0.25) is 0 Å². The summed E-state index contributed by atoms with van der Waals surface area (Å²) in [6.07, 6.45) is 3.70. The second kappa shape index (κ2) is 8.61. The number of ether oxygens (including phenoxy) is 2. The lowest BCUT2D eigenvalue weighted by Gasteiger charge is -2.36. The van der Waals surface area contributed by atoms with Crippen molar-refractivity contribution in [3.05, 3.63) is 59.9 Å². The molecule has 6 nitrogen and oxygen atoms in total. The maximum atomic E-state index is 5.45. The number of piperazine rings is 1. The van der Waals surface area contributed by atoms with E-state index in [1.807, 2.05) is 24.5 Å². The topological polar surface area (TPSA) is 50.7 Å². The molecule has 0 N–H and O–H groups in total. The fourth-order valence-electron chi connectivity index (χ4n) is 3.99. The minimum atomic E-state index is 0.748. The molecular formula is C24H28N4O2. The van der Waals surface area contributed by atoms with Crippen LogP contribution in [-0.2, 0) is 0 Å². The molecule has 0 spiro atoms. The third-order valence-electron chi connectivity index (χ3n) is 5.48. The zero-order valence-corrected chi connectivity index (χ0v) is 18.1. The van der Waals surface area contributed by atoms with Crippen LogP contribution >= 0.6 is 0 Å². The first-order chi connectivity index (χ1) is 14.6. The Balaban J connectivity index is 1.48. The lowest BCUT2D eigenvalue weighted by atomic mass is 10.1. The smallest absolute Gasteiger partial charge is 0.162 e. The van der Waals surface area contributed by atoms with E-state index >= 15 is 0 Å². The molecule has 156 valence electrons. The van der Waals surface area contributed by atoms with Crippen molar-refractivity contribution in [2.24, 2.45) is 0 Å². The van der Waals surface area contributed by atoms with Crippen LogP contribution in [0.4, 0.5) is 11.5 Å². The zero-order chi connectivity index (χ0) is 21.1. The Morgan fingerprint density at radius 3 is 2.10 bits per heavy atom. The van der Waals surface area contributed by atoms with Crippen molar-refractivity contribution < 1.29 is 9.47 Å². The molecule has 2 aromatic carbocycles. The molecule has 0 bridgehead atoms. The van der Waals surface area contributed by atoms with Crippen molar-refractivity contribution in [2.75, 3.05) is 50.2 Å². The van der Waals surface area contributed by atoms with Gasteiger partial charge >= 0.3 is 0 Å². The molecule has 1 saturated heterocycles. The Bertz CT molecular complexity index is 1010. The Kier molecular flexibility index (Phi) is 5.74. The fraction of sp³-hybridized carbons (Fsp3) is 0.333. The fourth-order valence-corrected chi connectivity index (χ4v) is 3.99. The van der Waals surface area contributed by atoms with E-state index in [9.17, 15) is 0 Å². The van der Waals surface area contributed by atoms with Crippen LogP contribution in [0.25, 0.3) is 11.3 Å². The van der Waals surface area contributed by atoms with Crippen LogP contribution in [0.15, 0.2) is 48.8 Å². The molecule has 30 heavy (non-hydrogen) atoms. The Hall–Kier alpha value is -3.28. The van der Waals surface area contributed by atoms with E-state index in [1.165, 1.54) is 11.1 Å². The second-order valence-corrected chi connectivity index (χ2v) is 7.65. The molecule has 0 saturated carbocycles. The van der Waals surface area contributed by atoms with Crippen LogP contribution in [0.1, 0.15) is 11.1 Å². The van der Waals surface area contributed by atoms with Gasteiger partial charge in [0.15, 0.2) is 11.5 Å². The van der Waals surface area contributed by atoms with E-state index in [0.717, 1.165) is 60.4 Å². The maximum Gasteiger partial charge on any atom is 0.162 e. The molecule has 0 aliphatic carbocycles. The number of hydrogen-bond acceptors (Lipinski definition) is 6.